The van der Waals surface area contributed by atoms with E-state index in [9.17, 15) is 9.59 Å². The lowest BCUT2D eigenvalue weighted by atomic mass is 9.59. The minimum Gasteiger partial charge on any atom is -0.384 e. The number of aromatic amines is 1. The van der Waals surface area contributed by atoms with Crippen LogP contribution in [-0.4, -0.2) is 23.7 Å². The van der Waals surface area contributed by atoms with E-state index >= 15 is 0 Å². The number of ether oxygens (including phenoxy) is 1. The zero-order valence-corrected chi connectivity index (χ0v) is 17.6. The standard InChI is InChI=1S/C24H30N2O4/c1-23(2)16-12-18-21(15-6-4-3-5-7-15)29-11-10-24(18,14-16)22(23)25-19(27)9-8-17-13-20(28)26-30-17/h3-7,13,16,18,21-22H,8-12,14H2,1-2H3,(H,25,27)(H,26,28)/t16-,18-,21-,22+,24-/m1/s1. The van der Waals surface area contributed by atoms with Gasteiger partial charge in [-0.25, -0.2) is 0 Å². The molecule has 6 nitrogen and oxygen atoms in total. The van der Waals surface area contributed by atoms with Crippen molar-refractivity contribution < 1.29 is 14.1 Å². The highest BCUT2D eigenvalue weighted by molar-refractivity contribution is 5.76. The normalized spacial score (nSPS) is 33.9. The van der Waals surface area contributed by atoms with Crippen molar-refractivity contribution in [3.05, 3.63) is 58.1 Å². The van der Waals surface area contributed by atoms with Crippen LogP contribution in [0.25, 0.3) is 0 Å². The molecule has 1 amide bonds. The Hall–Kier alpha value is -2.34. The molecule has 0 unspecified atom stereocenters. The summed E-state index contributed by atoms with van der Waals surface area (Å²) in [5, 5.41) is 5.70. The van der Waals surface area contributed by atoms with E-state index in [0.717, 1.165) is 25.9 Å². The molecule has 5 atom stereocenters. The second-order valence-corrected chi connectivity index (χ2v) is 9.93. The number of fused-ring (bicyclic) bond motifs is 1. The van der Waals surface area contributed by atoms with Gasteiger partial charge >= 0.3 is 0 Å². The van der Waals surface area contributed by atoms with Crippen LogP contribution in [0.2, 0.25) is 0 Å². The van der Waals surface area contributed by atoms with Gasteiger partial charge in [-0.2, -0.15) is 5.16 Å². The van der Waals surface area contributed by atoms with E-state index in [4.69, 9.17) is 9.26 Å². The van der Waals surface area contributed by atoms with Gasteiger partial charge in [0.2, 0.25) is 5.91 Å². The topological polar surface area (TPSA) is 84.3 Å². The average molecular weight is 411 g/mol. The number of nitrogens with one attached hydrogen (secondary N) is 2. The molecule has 2 saturated carbocycles. The van der Waals surface area contributed by atoms with Crippen molar-refractivity contribution in [2.24, 2.45) is 22.7 Å². The molecule has 3 aliphatic rings. The molecule has 1 aromatic heterocycles. The maximum absolute atomic E-state index is 12.9. The van der Waals surface area contributed by atoms with Crippen molar-refractivity contribution in [3.63, 3.8) is 0 Å². The first-order valence-corrected chi connectivity index (χ1v) is 11.0. The summed E-state index contributed by atoms with van der Waals surface area (Å²) in [5.74, 6) is 1.57. The van der Waals surface area contributed by atoms with E-state index in [0.29, 0.717) is 30.4 Å². The number of aryl methyl sites for hydroxylation is 1. The van der Waals surface area contributed by atoms with Crippen LogP contribution in [0.4, 0.5) is 0 Å². The van der Waals surface area contributed by atoms with Crippen LogP contribution in [0, 0.1) is 22.7 Å². The fourth-order valence-electron chi connectivity index (χ4n) is 6.67. The number of carbonyl (C=O) groups is 1. The summed E-state index contributed by atoms with van der Waals surface area (Å²) in [4.78, 5) is 24.1. The fourth-order valence-corrected chi connectivity index (χ4v) is 6.67. The molecule has 2 aromatic rings. The van der Waals surface area contributed by atoms with Gasteiger partial charge in [0.05, 0.1) is 6.10 Å². The van der Waals surface area contributed by atoms with Crippen molar-refractivity contribution in [3.8, 4) is 0 Å². The number of H-pyrrole nitrogens is 1. The maximum Gasteiger partial charge on any atom is 0.280 e. The first kappa shape index (κ1) is 19.6. The van der Waals surface area contributed by atoms with E-state index in [2.05, 4.69) is 48.6 Å². The minimum absolute atomic E-state index is 0.0281. The van der Waals surface area contributed by atoms with E-state index < -0.39 is 0 Å². The smallest absolute Gasteiger partial charge is 0.280 e. The number of benzene rings is 1. The van der Waals surface area contributed by atoms with E-state index in [1.807, 2.05) is 6.07 Å². The number of hydrogen-bond donors (Lipinski definition) is 2. The lowest BCUT2D eigenvalue weighted by Crippen LogP contribution is -2.58. The molecule has 1 aromatic carbocycles. The van der Waals surface area contributed by atoms with Gasteiger partial charge in [-0.3, -0.25) is 9.59 Å². The number of hydrogen-bond acceptors (Lipinski definition) is 4. The van der Waals surface area contributed by atoms with Gasteiger partial charge in [-0.05, 0) is 47.5 Å². The molecular weight excluding hydrogens is 380 g/mol. The Bertz CT molecular complexity index is 978. The highest BCUT2D eigenvalue weighted by Crippen LogP contribution is 2.70. The summed E-state index contributed by atoms with van der Waals surface area (Å²) in [5.41, 5.74) is 1.13. The lowest BCUT2D eigenvalue weighted by molar-refractivity contribution is -0.137. The molecule has 2 N–H and O–H groups in total. The van der Waals surface area contributed by atoms with E-state index in [-0.39, 0.29) is 34.4 Å². The Kier molecular flexibility index (Phi) is 4.65. The van der Waals surface area contributed by atoms with Crippen molar-refractivity contribution >= 4 is 5.91 Å². The molecule has 160 valence electrons. The van der Waals surface area contributed by atoms with Gasteiger partial charge in [0.25, 0.3) is 5.56 Å². The average Bonchev–Trinajstić information content (AvgIpc) is 3.39. The second-order valence-electron chi connectivity index (χ2n) is 9.93. The molecule has 1 spiro atoms. The van der Waals surface area contributed by atoms with E-state index in [1.165, 1.54) is 11.6 Å². The van der Waals surface area contributed by atoms with Crippen molar-refractivity contribution in [2.75, 3.05) is 6.61 Å². The van der Waals surface area contributed by atoms with Crippen LogP contribution in [0.1, 0.15) is 57.0 Å². The molecule has 2 aliphatic carbocycles. The van der Waals surface area contributed by atoms with Crippen LogP contribution in [0.3, 0.4) is 0 Å². The van der Waals surface area contributed by atoms with Crippen LogP contribution < -0.4 is 10.9 Å². The van der Waals surface area contributed by atoms with Crippen molar-refractivity contribution in [1.29, 1.82) is 0 Å². The third-order valence-electron chi connectivity index (χ3n) is 8.11. The van der Waals surface area contributed by atoms with Crippen LogP contribution in [-0.2, 0) is 16.0 Å². The van der Waals surface area contributed by atoms with Gasteiger partial charge in [-0.15, -0.1) is 0 Å². The molecule has 3 fully saturated rings. The fraction of sp³-hybridized carbons (Fsp3) is 0.583. The highest BCUT2D eigenvalue weighted by Gasteiger charge is 2.68. The molecule has 30 heavy (non-hydrogen) atoms. The van der Waals surface area contributed by atoms with Crippen LogP contribution >= 0.6 is 0 Å². The number of rotatable bonds is 5. The van der Waals surface area contributed by atoms with E-state index in [1.54, 1.807) is 0 Å². The third kappa shape index (κ3) is 3.04. The van der Waals surface area contributed by atoms with Crippen molar-refractivity contribution in [1.82, 2.24) is 10.5 Å². The van der Waals surface area contributed by atoms with Crippen LogP contribution in [0.15, 0.2) is 45.7 Å². The Labute approximate surface area is 176 Å². The zero-order chi connectivity index (χ0) is 20.9. The second kappa shape index (κ2) is 7.12. The molecule has 0 radical (unpaired) electrons. The molecule has 1 saturated heterocycles. The maximum atomic E-state index is 12.9. The van der Waals surface area contributed by atoms with Gasteiger partial charge < -0.3 is 14.6 Å². The highest BCUT2D eigenvalue weighted by atomic mass is 16.5. The molecule has 6 heteroatoms. The summed E-state index contributed by atoms with van der Waals surface area (Å²) >= 11 is 0. The first-order chi connectivity index (χ1) is 14.4. The SMILES string of the molecule is CC1(C)[C@@H]2C[C@@H]3[C@@H](c4ccccc4)OCC[C@]3(C2)[C@H]1NC(=O)CCc1cc(=O)[nH]o1. The predicted molar refractivity (Wildman–Crippen MR) is 112 cm³/mol. The third-order valence-corrected chi connectivity index (χ3v) is 8.11. The Morgan fingerprint density at radius 3 is 2.80 bits per heavy atom. The first-order valence-electron chi connectivity index (χ1n) is 11.0. The largest absolute Gasteiger partial charge is 0.384 e. The minimum atomic E-state index is -0.268. The molecule has 1 aliphatic heterocycles. The Morgan fingerprint density at radius 2 is 2.07 bits per heavy atom. The lowest BCUT2D eigenvalue weighted by Gasteiger charge is -2.53. The quantitative estimate of drug-likeness (QED) is 0.789. The predicted octanol–water partition coefficient (Wildman–Crippen LogP) is 3.60. The van der Waals surface area contributed by atoms with Gasteiger partial charge in [0, 0.05) is 31.6 Å². The Balaban J connectivity index is 1.36. The van der Waals surface area contributed by atoms with Crippen molar-refractivity contribution in [2.45, 2.75) is 58.1 Å². The number of amides is 1. The molecule has 2 bridgehead atoms. The molecular formula is C24H30N2O4. The van der Waals surface area contributed by atoms with Gasteiger partial charge in [0.1, 0.15) is 5.76 Å². The number of aromatic nitrogens is 1. The summed E-state index contributed by atoms with van der Waals surface area (Å²) in [6, 6.07) is 12.1. The van der Waals surface area contributed by atoms with Crippen LogP contribution in [0.5, 0.6) is 0 Å². The summed E-state index contributed by atoms with van der Waals surface area (Å²) in [7, 11) is 0. The number of carbonyl (C=O) groups excluding carboxylic acids is 1. The Morgan fingerprint density at radius 1 is 1.27 bits per heavy atom. The molecule has 5 rings (SSSR count). The van der Waals surface area contributed by atoms with Gasteiger partial charge in [-0.1, -0.05) is 44.2 Å². The van der Waals surface area contributed by atoms with Gasteiger partial charge in [0.15, 0.2) is 0 Å². The summed E-state index contributed by atoms with van der Waals surface area (Å²) in [6.07, 6.45) is 4.17. The summed E-state index contributed by atoms with van der Waals surface area (Å²) < 4.78 is 11.4. The monoisotopic (exact) mass is 410 g/mol. The summed E-state index contributed by atoms with van der Waals surface area (Å²) in [6.45, 7) is 5.36. The zero-order valence-electron chi connectivity index (χ0n) is 17.6. The molecule has 2 heterocycles.